The van der Waals surface area contributed by atoms with Gasteiger partial charge < -0.3 is 0 Å². The second kappa shape index (κ2) is 4.81. The summed E-state index contributed by atoms with van der Waals surface area (Å²) < 4.78 is 0. The number of Topliss-reactive ketones (excluding diaryl/α,β-unsaturated/α-hetero) is 1. The summed E-state index contributed by atoms with van der Waals surface area (Å²) in [5, 5.41) is 0. The number of ketones is 1. The molecule has 116 valence electrons. The highest BCUT2D eigenvalue weighted by Gasteiger charge is 2.54. The van der Waals surface area contributed by atoms with Crippen molar-refractivity contribution >= 4 is 11.9 Å². The van der Waals surface area contributed by atoms with Crippen LogP contribution in [0, 0.1) is 24.2 Å². The Bertz CT molecular complexity index is 656. The standard InChI is InChI=1S/C21H26O/c1-4-14-12-15-5-6-17-16(18(15)11-13(14)2)9-10-21(3)19(17)7-8-20(21)22/h4,11-12,16-17,19H,1,5-10H2,2-3H3/t16?,17?,19?,21-/m0/s1. The van der Waals surface area contributed by atoms with E-state index in [0.717, 1.165) is 25.2 Å². The molecule has 1 aromatic rings. The monoisotopic (exact) mass is 294 g/mol. The van der Waals surface area contributed by atoms with Crippen LogP contribution in [0.25, 0.3) is 6.08 Å². The Hall–Kier alpha value is -1.37. The Labute approximate surface area is 133 Å². The van der Waals surface area contributed by atoms with Crippen LogP contribution in [-0.4, -0.2) is 5.78 Å². The zero-order valence-electron chi connectivity index (χ0n) is 13.8. The Morgan fingerprint density at radius 2 is 2.05 bits per heavy atom. The molecule has 0 amide bonds. The molecule has 3 aliphatic carbocycles. The van der Waals surface area contributed by atoms with Crippen molar-refractivity contribution in [3.63, 3.8) is 0 Å². The molecule has 0 spiro atoms. The van der Waals surface area contributed by atoms with Crippen molar-refractivity contribution in [1.29, 1.82) is 0 Å². The molecule has 4 rings (SSSR count). The van der Waals surface area contributed by atoms with Gasteiger partial charge in [-0.25, -0.2) is 0 Å². The van der Waals surface area contributed by atoms with Gasteiger partial charge in [-0.1, -0.05) is 31.7 Å². The zero-order chi connectivity index (χ0) is 15.5. The highest BCUT2D eigenvalue weighted by molar-refractivity contribution is 5.87. The number of fused-ring (bicyclic) bond motifs is 5. The fraction of sp³-hybridized carbons (Fsp3) is 0.571. The van der Waals surface area contributed by atoms with Crippen LogP contribution in [0.5, 0.6) is 0 Å². The maximum Gasteiger partial charge on any atom is 0.139 e. The second-order valence-corrected chi connectivity index (χ2v) is 7.95. The van der Waals surface area contributed by atoms with Crippen molar-refractivity contribution < 1.29 is 4.79 Å². The molecular weight excluding hydrogens is 268 g/mol. The fourth-order valence-corrected chi connectivity index (χ4v) is 5.75. The van der Waals surface area contributed by atoms with Crippen molar-refractivity contribution in [1.82, 2.24) is 0 Å². The molecule has 1 heteroatoms. The molecule has 3 unspecified atom stereocenters. The van der Waals surface area contributed by atoms with Crippen LogP contribution in [-0.2, 0) is 11.2 Å². The van der Waals surface area contributed by atoms with E-state index in [-0.39, 0.29) is 5.41 Å². The summed E-state index contributed by atoms with van der Waals surface area (Å²) >= 11 is 0. The minimum absolute atomic E-state index is 0.00519. The average Bonchev–Trinajstić information content (AvgIpc) is 2.82. The van der Waals surface area contributed by atoms with Gasteiger partial charge in [0.2, 0.25) is 0 Å². The van der Waals surface area contributed by atoms with E-state index in [0.29, 0.717) is 17.6 Å². The third kappa shape index (κ3) is 1.81. The van der Waals surface area contributed by atoms with Crippen LogP contribution >= 0.6 is 0 Å². The average molecular weight is 294 g/mol. The first kappa shape index (κ1) is 14.2. The van der Waals surface area contributed by atoms with Gasteiger partial charge in [-0.15, -0.1) is 0 Å². The summed E-state index contributed by atoms with van der Waals surface area (Å²) in [4.78, 5) is 12.4. The molecule has 0 saturated heterocycles. The first-order valence-electron chi connectivity index (χ1n) is 8.84. The van der Waals surface area contributed by atoms with Crippen molar-refractivity contribution in [3.05, 3.63) is 41.0 Å². The predicted octanol–water partition coefficient (Wildman–Crippen LogP) is 5.06. The largest absolute Gasteiger partial charge is 0.299 e. The first-order chi connectivity index (χ1) is 10.5. The molecule has 0 radical (unpaired) electrons. The molecular formula is C21H26O. The molecule has 3 aliphatic rings. The summed E-state index contributed by atoms with van der Waals surface area (Å²) in [5.41, 5.74) is 5.75. The molecule has 0 N–H and O–H groups in total. The number of benzene rings is 1. The Kier molecular flexibility index (Phi) is 3.11. The maximum absolute atomic E-state index is 12.4. The van der Waals surface area contributed by atoms with Crippen LogP contribution in [0.15, 0.2) is 18.7 Å². The quantitative estimate of drug-likeness (QED) is 0.707. The third-order valence-corrected chi connectivity index (χ3v) is 7.04. The summed E-state index contributed by atoms with van der Waals surface area (Å²) in [6, 6.07) is 4.78. The van der Waals surface area contributed by atoms with Crippen molar-refractivity contribution in [2.45, 2.75) is 58.3 Å². The highest BCUT2D eigenvalue weighted by Crippen LogP contribution is 2.59. The number of carbonyl (C=O) groups excluding carboxylic acids is 1. The van der Waals surface area contributed by atoms with Gasteiger partial charge in [0.25, 0.3) is 0 Å². The van der Waals surface area contributed by atoms with Crippen LogP contribution < -0.4 is 0 Å². The Balaban J connectivity index is 1.74. The van der Waals surface area contributed by atoms with E-state index in [4.69, 9.17) is 0 Å². The predicted molar refractivity (Wildman–Crippen MR) is 90.9 cm³/mol. The van der Waals surface area contributed by atoms with Gasteiger partial charge in [0.15, 0.2) is 0 Å². The van der Waals surface area contributed by atoms with Crippen LogP contribution in [0.4, 0.5) is 0 Å². The number of aryl methyl sites for hydroxylation is 2. The summed E-state index contributed by atoms with van der Waals surface area (Å²) in [6.07, 6.45) is 8.68. The molecule has 1 nitrogen and oxygen atoms in total. The maximum atomic E-state index is 12.4. The first-order valence-corrected chi connectivity index (χ1v) is 8.84. The van der Waals surface area contributed by atoms with Crippen LogP contribution in [0.1, 0.15) is 67.2 Å². The molecule has 0 heterocycles. The zero-order valence-corrected chi connectivity index (χ0v) is 13.8. The summed E-state index contributed by atoms with van der Waals surface area (Å²) in [7, 11) is 0. The van der Waals surface area contributed by atoms with Gasteiger partial charge in [-0.3, -0.25) is 4.79 Å². The molecule has 4 atom stereocenters. The molecule has 0 aromatic heterocycles. The Morgan fingerprint density at radius 1 is 1.23 bits per heavy atom. The van der Waals surface area contributed by atoms with Gasteiger partial charge in [-0.05, 0) is 79.0 Å². The lowest BCUT2D eigenvalue weighted by molar-refractivity contribution is -0.129. The van der Waals surface area contributed by atoms with E-state index in [9.17, 15) is 4.79 Å². The van der Waals surface area contributed by atoms with E-state index in [2.05, 4.69) is 32.6 Å². The van der Waals surface area contributed by atoms with Gasteiger partial charge in [0, 0.05) is 11.8 Å². The fourth-order valence-electron chi connectivity index (χ4n) is 5.75. The minimum Gasteiger partial charge on any atom is -0.299 e. The van der Waals surface area contributed by atoms with Crippen LogP contribution in [0.3, 0.4) is 0 Å². The topological polar surface area (TPSA) is 17.1 Å². The lowest BCUT2D eigenvalue weighted by Gasteiger charge is -2.48. The third-order valence-electron chi connectivity index (χ3n) is 7.04. The smallest absolute Gasteiger partial charge is 0.139 e. The van der Waals surface area contributed by atoms with Crippen molar-refractivity contribution in [2.24, 2.45) is 17.3 Å². The van der Waals surface area contributed by atoms with E-state index in [1.807, 2.05) is 6.08 Å². The second-order valence-electron chi connectivity index (χ2n) is 7.95. The Morgan fingerprint density at radius 3 is 2.82 bits per heavy atom. The lowest BCUT2D eigenvalue weighted by Crippen LogP contribution is -2.42. The molecule has 0 bridgehead atoms. The minimum atomic E-state index is -0.00519. The molecule has 1 aromatic carbocycles. The number of hydrogen-bond acceptors (Lipinski definition) is 1. The highest BCUT2D eigenvalue weighted by atomic mass is 16.1. The molecule has 2 saturated carbocycles. The summed E-state index contributed by atoms with van der Waals surface area (Å²) in [5.74, 6) is 2.59. The van der Waals surface area contributed by atoms with E-state index in [1.54, 1.807) is 5.56 Å². The van der Waals surface area contributed by atoms with E-state index >= 15 is 0 Å². The van der Waals surface area contributed by atoms with Crippen LogP contribution in [0.2, 0.25) is 0 Å². The molecule has 0 aliphatic heterocycles. The van der Waals surface area contributed by atoms with Gasteiger partial charge in [0.1, 0.15) is 5.78 Å². The number of hydrogen-bond donors (Lipinski definition) is 0. The van der Waals surface area contributed by atoms with Gasteiger partial charge in [0.05, 0.1) is 0 Å². The number of carbonyl (C=O) groups is 1. The number of rotatable bonds is 1. The van der Waals surface area contributed by atoms with Crippen molar-refractivity contribution in [2.75, 3.05) is 0 Å². The molecule has 22 heavy (non-hydrogen) atoms. The molecule has 2 fully saturated rings. The summed E-state index contributed by atoms with van der Waals surface area (Å²) in [6.45, 7) is 8.40. The van der Waals surface area contributed by atoms with E-state index in [1.165, 1.54) is 36.0 Å². The lowest BCUT2D eigenvalue weighted by atomic mass is 9.55. The van der Waals surface area contributed by atoms with Crippen molar-refractivity contribution in [3.8, 4) is 0 Å². The van der Waals surface area contributed by atoms with Gasteiger partial charge >= 0.3 is 0 Å². The van der Waals surface area contributed by atoms with E-state index < -0.39 is 0 Å². The van der Waals surface area contributed by atoms with Gasteiger partial charge in [-0.2, -0.15) is 0 Å². The normalized spacial score (nSPS) is 36.5. The SMILES string of the molecule is C=Cc1cc2c(cc1C)C1CC[C@]3(C)C(=O)CCC3C1CC2.